The topological polar surface area (TPSA) is 46.9 Å². The van der Waals surface area contributed by atoms with Gasteiger partial charge in [0.15, 0.2) is 0 Å². The quantitative estimate of drug-likeness (QED) is 0.846. The second-order valence-corrected chi connectivity index (χ2v) is 5.63. The number of carbonyl (C=O) groups is 1. The van der Waals surface area contributed by atoms with Gasteiger partial charge in [0.2, 0.25) is 0 Å². The molecule has 0 saturated carbocycles. The number of nitrogens with one attached hydrogen (secondary N) is 1. The number of benzene rings is 1. The molecule has 1 heterocycles. The van der Waals surface area contributed by atoms with Crippen LogP contribution in [0.4, 0.5) is 18.9 Å². The largest absolute Gasteiger partial charge is 0.408 e. The van der Waals surface area contributed by atoms with Crippen LogP contribution in [0.2, 0.25) is 5.02 Å². The lowest BCUT2D eigenvalue weighted by molar-refractivity contribution is -0.142. The van der Waals surface area contributed by atoms with Gasteiger partial charge < -0.3 is 5.32 Å². The van der Waals surface area contributed by atoms with Crippen molar-refractivity contribution in [2.75, 3.05) is 11.6 Å². The summed E-state index contributed by atoms with van der Waals surface area (Å²) in [5, 5.41) is 6.28. The first kappa shape index (κ1) is 16.7. The van der Waals surface area contributed by atoms with Crippen molar-refractivity contribution in [1.29, 1.82) is 0 Å². The van der Waals surface area contributed by atoms with Crippen LogP contribution in [0.15, 0.2) is 35.5 Å². The normalized spacial score (nSPS) is 11.5. The molecule has 4 nitrogen and oxygen atoms in total. The maximum absolute atomic E-state index is 12.2. The summed E-state index contributed by atoms with van der Waals surface area (Å²) in [4.78, 5) is 13.0. The minimum Gasteiger partial charge on any atom is -0.319 e. The van der Waals surface area contributed by atoms with E-state index in [-0.39, 0.29) is 16.3 Å². The highest BCUT2D eigenvalue weighted by Crippen LogP contribution is 2.24. The third-order valence-electron chi connectivity index (χ3n) is 2.65. The number of amides is 1. The molecule has 1 aromatic heterocycles. The van der Waals surface area contributed by atoms with Gasteiger partial charge in [-0.05, 0) is 24.5 Å². The second-order valence-electron chi connectivity index (χ2n) is 4.34. The van der Waals surface area contributed by atoms with Gasteiger partial charge in [0, 0.05) is 11.1 Å². The molecule has 1 N–H and O–H groups in total. The molecule has 22 heavy (non-hydrogen) atoms. The first-order valence-corrected chi connectivity index (χ1v) is 7.63. The van der Waals surface area contributed by atoms with E-state index in [1.807, 2.05) is 6.26 Å². The Bertz CT molecular complexity index is 687. The lowest BCUT2D eigenvalue weighted by Crippen LogP contribution is -2.18. The molecule has 0 aliphatic heterocycles. The summed E-state index contributed by atoms with van der Waals surface area (Å²) in [7, 11) is 0. The van der Waals surface area contributed by atoms with Crippen LogP contribution in [0.3, 0.4) is 0 Å². The molecule has 118 valence electrons. The summed E-state index contributed by atoms with van der Waals surface area (Å²) in [5.41, 5.74) is 0.414. The number of anilines is 1. The monoisotopic (exact) mass is 349 g/mol. The van der Waals surface area contributed by atoms with E-state index in [2.05, 4.69) is 10.4 Å². The van der Waals surface area contributed by atoms with Gasteiger partial charge in [0.25, 0.3) is 5.91 Å². The standard InChI is InChI=1S/C13H11ClF3N3OS/c1-22-9-2-3-11(14)10(4-9)12(21)19-8-5-18-20(6-8)7-13(15,16)17/h2-6H,7H2,1H3,(H,19,21). The van der Waals surface area contributed by atoms with E-state index in [1.165, 1.54) is 11.8 Å². The average molecular weight is 350 g/mol. The molecule has 1 aromatic carbocycles. The molecule has 0 fully saturated rings. The van der Waals surface area contributed by atoms with Gasteiger partial charge >= 0.3 is 6.18 Å². The number of carbonyl (C=O) groups excluding carboxylic acids is 1. The van der Waals surface area contributed by atoms with E-state index in [0.29, 0.717) is 4.68 Å². The Kier molecular flexibility index (Phi) is 5.02. The van der Waals surface area contributed by atoms with Crippen LogP contribution in [-0.2, 0) is 6.54 Å². The van der Waals surface area contributed by atoms with E-state index in [9.17, 15) is 18.0 Å². The third-order valence-corrected chi connectivity index (χ3v) is 3.71. The van der Waals surface area contributed by atoms with Gasteiger partial charge in [-0.15, -0.1) is 11.8 Å². The van der Waals surface area contributed by atoms with E-state index >= 15 is 0 Å². The van der Waals surface area contributed by atoms with Gasteiger partial charge in [-0.1, -0.05) is 11.6 Å². The first-order chi connectivity index (χ1) is 10.3. The van der Waals surface area contributed by atoms with Gasteiger partial charge in [-0.2, -0.15) is 18.3 Å². The molecule has 9 heteroatoms. The maximum atomic E-state index is 12.2. The zero-order valence-electron chi connectivity index (χ0n) is 11.3. The van der Waals surface area contributed by atoms with Crippen LogP contribution in [-0.4, -0.2) is 28.1 Å². The van der Waals surface area contributed by atoms with Crippen molar-refractivity contribution in [1.82, 2.24) is 9.78 Å². The van der Waals surface area contributed by atoms with Gasteiger partial charge in [-0.3, -0.25) is 9.48 Å². The Morgan fingerprint density at radius 3 is 2.82 bits per heavy atom. The number of halogens is 4. The summed E-state index contributed by atoms with van der Waals surface area (Å²) < 4.78 is 37.4. The predicted octanol–water partition coefficient (Wildman–Crippen LogP) is 4.07. The van der Waals surface area contributed by atoms with Crippen LogP contribution in [0.25, 0.3) is 0 Å². The van der Waals surface area contributed by atoms with Crippen molar-refractivity contribution < 1.29 is 18.0 Å². The smallest absolute Gasteiger partial charge is 0.319 e. The third kappa shape index (κ3) is 4.41. The number of alkyl halides is 3. The molecule has 0 radical (unpaired) electrons. The molecule has 2 rings (SSSR count). The Balaban J connectivity index is 2.12. The predicted molar refractivity (Wildman–Crippen MR) is 79.5 cm³/mol. The Morgan fingerprint density at radius 2 is 2.18 bits per heavy atom. The number of hydrogen-bond donors (Lipinski definition) is 1. The summed E-state index contributed by atoms with van der Waals surface area (Å²) >= 11 is 7.41. The lowest BCUT2D eigenvalue weighted by atomic mass is 10.2. The number of aromatic nitrogens is 2. The van der Waals surface area contributed by atoms with Gasteiger partial charge in [-0.25, -0.2) is 0 Å². The van der Waals surface area contributed by atoms with Crippen LogP contribution < -0.4 is 5.32 Å². The molecular weight excluding hydrogens is 339 g/mol. The average Bonchev–Trinajstić information content (AvgIpc) is 2.84. The van der Waals surface area contributed by atoms with E-state index in [4.69, 9.17) is 11.6 Å². The summed E-state index contributed by atoms with van der Waals surface area (Å²) in [6, 6.07) is 4.98. The molecule has 2 aromatic rings. The minimum absolute atomic E-state index is 0.167. The fourth-order valence-electron chi connectivity index (χ4n) is 1.70. The van der Waals surface area contributed by atoms with Crippen molar-refractivity contribution in [3.8, 4) is 0 Å². The van der Waals surface area contributed by atoms with Gasteiger partial charge in [0.1, 0.15) is 6.54 Å². The molecule has 0 bridgehead atoms. The number of thioether (sulfide) groups is 1. The molecule has 0 unspecified atom stereocenters. The van der Waals surface area contributed by atoms with Crippen LogP contribution in [0.1, 0.15) is 10.4 Å². The van der Waals surface area contributed by atoms with Crippen molar-refractivity contribution in [2.24, 2.45) is 0 Å². The van der Waals surface area contributed by atoms with E-state index < -0.39 is 18.6 Å². The molecule has 0 saturated heterocycles. The van der Waals surface area contributed by atoms with Crippen LogP contribution in [0.5, 0.6) is 0 Å². The molecular formula is C13H11ClF3N3OS. The van der Waals surface area contributed by atoms with E-state index in [0.717, 1.165) is 17.3 Å². The highest BCUT2D eigenvalue weighted by atomic mass is 35.5. The highest BCUT2D eigenvalue weighted by Gasteiger charge is 2.28. The van der Waals surface area contributed by atoms with Crippen LogP contribution >= 0.6 is 23.4 Å². The minimum atomic E-state index is -4.37. The zero-order chi connectivity index (χ0) is 16.3. The lowest BCUT2D eigenvalue weighted by Gasteiger charge is -2.07. The maximum Gasteiger partial charge on any atom is 0.408 e. The SMILES string of the molecule is CSc1ccc(Cl)c(C(=O)Nc2cnn(CC(F)(F)F)c2)c1. The Hall–Kier alpha value is -1.67. The van der Waals surface area contributed by atoms with Gasteiger partial charge in [0.05, 0.1) is 22.5 Å². The summed E-state index contributed by atoms with van der Waals surface area (Å²) in [6.45, 7) is -1.22. The van der Waals surface area contributed by atoms with Crippen molar-refractivity contribution in [2.45, 2.75) is 17.6 Å². The Morgan fingerprint density at radius 1 is 1.45 bits per heavy atom. The summed E-state index contributed by atoms with van der Waals surface area (Å²) in [5.74, 6) is -0.507. The molecule has 0 aliphatic carbocycles. The van der Waals surface area contributed by atoms with E-state index in [1.54, 1.807) is 18.2 Å². The molecule has 0 spiro atoms. The molecule has 1 amide bonds. The number of rotatable bonds is 4. The fraction of sp³-hybridized carbons (Fsp3) is 0.231. The van der Waals surface area contributed by atoms with Crippen molar-refractivity contribution in [3.63, 3.8) is 0 Å². The second kappa shape index (κ2) is 6.62. The number of nitrogens with zero attached hydrogens (tertiary/aromatic N) is 2. The van der Waals surface area contributed by atoms with Crippen LogP contribution in [0, 0.1) is 0 Å². The number of hydrogen-bond acceptors (Lipinski definition) is 3. The van der Waals surface area contributed by atoms with Crippen molar-refractivity contribution in [3.05, 3.63) is 41.2 Å². The summed E-state index contributed by atoms with van der Waals surface area (Å²) in [6.07, 6.45) is -0.261. The molecule has 0 atom stereocenters. The first-order valence-electron chi connectivity index (χ1n) is 6.02. The zero-order valence-corrected chi connectivity index (χ0v) is 12.9. The van der Waals surface area contributed by atoms with Crippen molar-refractivity contribution >= 4 is 35.0 Å². The highest BCUT2D eigenvalue weighted by molar-refractivity contribution is 7.98. The molecule has 0 aliphatic rings. The Labute approximate surface area is 133 Å². The fourth-order valence-corrected chi connectivity index (χ4v) is 2.35.